The van der Waals surface area contributed by atoms with Gasteiger partial charge in [0.15, 0.2) is 0 Å². The first-order chi connectivity index (χ1) is 16.5. The van der Waals surface area contributed by atoms with E-state index in [0.29, 0.717) is 61.3 Å². The van der Waals surface area contributed by atoms with E-state index in [1.807, 2.05) is 24.0 Å². The average molecular weight is 457 g/mol. The summed E-state index contributed by atoms with van der Waals surface area (Å²) in [4.78, 5) is 25.8. The smallest absolute Gasteiger partial charge is 0.225 e. The lowest BCUT2D eigenvalue weighted by molar-refractivity contribution is -0.134. The van der Waals surface area contributed by atoms with Gasteiger partial charge in [0, 0.05) is 44.3 Å². The summed E-state index contributed by atoms with van der Waals surface area (Å²) in [5.74, 6) is 1.09. The normalized spacial score (nSPS) is 17.7. The number of piperazine rings is 1. The van der Waals surface area contributed by atoms with E-state index in [1.54, 1.807) is 19.3 Å². The molecule has 4 rings (SSSR count). The number of nitriles is 2. The van der Waals surface area contributed by atoms with Crippen LogP contribution in [0.5, 0.6) is 0 Å². The molecule has 1 unspecified atom stereocenters. The summed E-state index contributed by atoms with van der Waals surface area (Å²) in [6.45, 7) is 8.02. The molecular formula is C26H28N6O2. The third-order valence-corrected chi connectivity index (χ3v) is 6.36. The lowest BCUT2D eigenvalue weighted by Crippen LogP contribution is -2.54. The Morgan fingerprint density at radius 1 is 1.24 bits per heavy atom. The van der Waals surface area contributed by atoms with Gasteiger partial charge >= 0.3 is 0 Å². The minimum Gasteiger partial charge on any atom is -0.384 e. The highest BCUT2D eigenvalue weighted by molar-refractivity contribution is 5.77. The summed E-state index contributed by atoms with van der Waals surface area (Å²) < 4.78 is 5.05. The molecule has 0 bridgehead atoms. The van der Waals surface area contributed by atoms with Gasteiger partial charge < -0.3 is 14.5 Å². The van der Waals surface area contributed by atoms with Crippen molar-refractivity contribution in [3.05, 3.63) is 47.4 Å². The zero-order chi connectivity index (χ0) is 24.2. The Morgan fingerprint density at radius 3 is 2.65 bits per heavy atom. The molecule has 0 spiro atoms. The summed E-state index contributed by atoms with van der Waals surface area (Å²) >= 11 is 0. The predicted molar refractivity (Wildman–Crippen MR) is 129 cm³/mol. The van der Waals surface area contributed by atoms with Gasteiger partial charge in [0.05, 0.1) is 30.0 Å². The number of nitrogens with zero attached hydrogens (tertiary/aromatic N) is 6. The molecule has 2 aliphatic rings. The third kappa shape index (κ3) is 4.78. The molecule has 174 valence electrons. The van der Waals surface area contributed by atoms with Crippen LogP contribution in [0.15, 0.2) is 24.8 Å². The Morgan fingerprint density at radius 2 is 2.03 bits per heavy atom. The molecule has 8 heteroatoms. The molecule has 1 amide bonds. The quantitative estimate of drug-likeness (QED) is 0.628. The topological polar surface area (TPSA) is 106 Å². The second kappa shape index (κ2) is 10.0. The number of aromatic nitrogens is 2. The zero-order valence-electron chi connectivity index (χ0n) is 19.6. The fourth-order valence-corrected chi connectivity index (χ4v) is 4.46. The Labute approximate surface area is 200 Å². The predicted octanol–water partition coefficient (Wildman–Crippen LogP) is 3.48. The van der Waals surface area contributed by atoms with Crippen molar-refractivity contribution in [3.8, 4) is 23.3 Å². The van der Waals surface area contributed by atoms with E-state index < -0.39 is 0 Å². The van der Waals surface area contributed by atoms with E-state index >= 15 is 0 Å². The molecule has 0 aromatic carbocycles. The number of methoxy groups -OCH3 is 1. The van der Waals surface area contributed by atoms with Gasteiger partial charge in [0.25, 0.3) is 0 Å². The van der Waals surface area contributed by atoms with Crippen LogP contribution in [-0.4, -0.2) is 60.2 Å². The number of hydrogen-bond acceptors (Lipinski definition) is 7. The maximum absolute atomic E-state index is 12.5. The van der Waals surface area contributed by atoms with Gasteiger partial charge in [-0.3, -0.25) is 4.79 Å². The number of hydrogen-bond donors (Lipinski definition) is 0. The Hall–Kier alpha value is -3.75. The molecule has 1 saturated heterocycles. The minimum atomic E-state index is 0.00374. The van der Waals surface area contributed by atoms with E-state index in [0.717, 1.165) is 29.7 Å². The van der Waals surface area contributed by atoms with E-state index in [-0.39, 0.29) is 11.9 Å². The second-order valence-corrected chi connectivity index (χ2v) is 8.79. The highest BCUT2D eigenvalue weighted by Gasteiger charge is 2.33. The van der Waals surface area contributed by atoms with Crippen molar-refractivity contribution in [1.29, 1.82) is 10.5 Å². The molecule has 0 N–H and O–H groups in total. The van der Waals surface area contributed by atoms with Crippen LogP contribution in [0.25, 0.3) is 17.2 Å². The number of carbonyl (C=O) groups is 1. The van der Waals surface area contributed by atoms with Gasteiger partial charge in [-0.25, -0.2) is 9.97 Å². The van der Waals surface area contributed by atoms with Crippen molar-refractivity contribution in [2.24, 2.45) is 0 Å². The van der Waals surface area contributed by atoms with Gasteiger partial charge in [-0.05, 0) is 49.6 Å². The molecule has 1 aliphatic heterocycles. The fourth-order valence-electron chi connectivity index (χ4n) is 4.46. The zero-order valence-corrected chi connectivity index (χ0v) is 19.6. The first kappa shape index (κ1) is 23.4. The summed E-state index contributed by atoms with van der Waals surface area (Å²) in [7, 11) is 1.59. The summed E-state index contributed by atoms with van der Waals surface area (Å²) in [5, 5.41) is 19.4. The molecule has 1 saturated carbocycles. The number of carbonyl (C=O) groups excluding carboxylic acids is 1. The van der Waals surface area contributed by atoms with Crippen LogP contribution in [0.4, 0.5) is 5.82 Å². The molecule has 2 fully saturated rings. The van der Waals surface area contributed by atoms with E-state index in [4.69, 9.17) is 9.72 Å². The van der Waals surface area contributed by atoms with Crippen molar-refractivity contribution >= 4 is 17.8 Å². The maximum Gasteiger partial charge on any atom is 0.225 e. The number of ether oxygens (including phenoxy) is 1. The first-order valence-electron chi connectivity index (χ1n) is 11.5. The number of anilines is 1. The van der Waals surface area contributed by atoms with E-state index in [2.05, 4.69) is 28.6 Å². The molecule has 2 aromatic heterocycles. The van der Waals surface area contributed by atoms with Gasteiger partial charge in [0.1, 0.15) is 23.7 Å². The number of amides is 1. The highest BCUT2D eigenvalue weighted by Crippen LogP contribution is 2.45. The fraction of sp³-hybridized carbons (Fsp3) is 0.423. The SMILES string of the molecule is C=Cc1cc(-c2cc(C#N)c(N3CCN(C(=O)CCOC)C(C)C3)nc2C2CC2)cc(C#N)n1. The second-order valence-electron chi connectivity index (χ2n) is 8.79. The van der Waals surface area contributed by atoms with Crippen molar-refractivity contribution in [2.75, 3.05) is 38.3 Å². The van der Waals surface area contributed by atoms with Gasteiger partial charge in [-0.15, -0.1) is 0 Å². The molecule has 34 heavy (non-hydrogen) atoms. The van der Waals surface area contributed by atoms with E-state index in [1.165, 1.54) is 0 Å². The number of pyridine rings is 2. The minimum absolute atomic E-state index is 0.00374. The van der Waals surface area contributed by atoms with Gasteiger partial charge in [-0.1, -0.05) is 6.58 Å². The molecule has 3 heterocycles. The summed E-state index contributed by atoms with van der Waals surface area (Å²) in [6.07, 6.45) is 4.08. The Bertz CT molecular complexity index is 1190. The third-order valence-electron chi connectivity index (χ3n) is 6.36. The molecule has 8 nitrogen and oxygen atoms in total. The van der Waals surface area contributed by atoms with Crippen molar-refractivity contribution in [1.82, 2.24) is 14.9 Å². The molecule has 1 atom stereocenters. The lowest BCUT2D eigenvalue weighted by Gasteiger charge is -2.41. The number of rotatable bonds is 7. The summed E-state index contributed by atoms with van der Waals surface area (Å²) in [6, 6.07) is 9.94. The first-order valence-corrected chi connectivity index (χ1v) is 11.5. The standard InChI is InChI=1S/C26H28N6O2/c1-4-21-11-19(12-22(15-28)29-21)23-13-20(14-27)26(30-25(23)18-5-6-18)31-8-9-32(17(2)16-31)24(33)7-10-34-3/h4,11-13,17-18H,1,5-10,16H2,2-3H3. The monoisotopic (exact) mass is 456 g/mol. The Kier molecular flexibility index (Phi) is 6.90. The van der Waals surface area contributed by atoms with Gasteiger partial charge in [-0.2, -0.15) is 10.5 Å². The highest BCUT2D eigenvalue weighted by atomic mass is 16.5. The van der Waals surface area contributed by atoms with Crippen LogP contribution in [0, 0.1) is 22.7 Å². The Balaban J connectivity index is 1.68. The van der Waals surface area contributed by atoms with Crippen LogP contribution in [0.1, 0.15) is 54.7 Å². The molecule has 1 aliphatic carbocycles. The van der Waals surface area contributed by atoms with E-state index in [9.17, 15) is 15.3 Å². The van der Waals surface area contributed by atoms with Gasteiger partial charge in [0.2, 0.25) is 5.91 Å². The molecule has 0 radical (unpaired) electrons. The largest absolute Gasteiger partial charge is 0.384 e. The average Bonchev–Trinajstić information content (AvgIpc) is 3.71. The van der Waals surface area contributed by atoms with Crippen molar-refractivity contribution < 1.29 is 9.53 Å². The van der Waals surface area contributed by atoms with Crippen LogP contribution < -0.4 is 4.90 Å². The van der Waals surface area contributed by atoms with Crippen molar-refractivity contribution in [2.45, 2.75) is 38.1 Å². The van der Waals surface area contributed by atoms with Crippen LogP contribution in [0.2, 0.25) is 0 Å². The molecule has 2 aromatic rings. The molecular weight excluding hydrogens is 428 g/mol. The lowest BCUT2D eigenvalue weighted by atomic mass is 9.98. The maximum atomic E-state index is 12.5. The van der Waals surface area contributed by atoms with Crippen LogP contribution in [-0.2, 0) is 9.53 Å². The van der Waals surface area contributed by atoms with Crippen molar-refractivity contribution in [3.63, 3.8) is 0 Å². The summed E-state index contributed by atoms with van der Waals surface area (Å²) in [5.41, 5.74) is 4.04. The van der Waals surface area contributed by atoms with Crippen LogP contribution in [0.3, 0.4) is 0 Å². The van der Waals surface area contributed by atoms with Crippen LogP contribution >= 0.6 is 0 Å².